The molecule has 0 bridgehead atoms. The molecule has 0 unspecified atom stereocenters. The van der Waals surface area contributed by atoms with Crippen molar-refractivity contribution in [1.29, 1.82) is 0 Å². The normalized spacial score (nSPS) is 8.84. The van der Waals surface area contributed by atoms with Crippen LogP contribution in [0.4, 0.5) is 20.2 Å². The Bertz CT molecular complexity index is 367. The number of nitrogens with one attached hydrogen (secondary N) is 2. The topological polar surface area (TPSA) is 47.6 Å². The second-order valence-corrected chi connectivity index (χ2v) is 19.7. The van der Waals surface area contributed by atoms with E-state index in [4.69, 9.17) is 11.5 Å². The molecule has 0 saturated heterocycles. The summed E-state index contributed by atoms with van der Waals surface area (Å²) in [5, 5.41) is 0. The second-order valence-electron chi connectivity index (χ2n) is 3.06. The smallest absolute Gasteiger partial charge is 0.123 e. The molecule has 0 atom stereocenters. The van der Waals surface area contributed by atoms with Gasteiger partial charge in [-0.1, -0.05) is 24.3 Å². The van der Waals surface area contributed by atoms with Gasteiger partial charge in [-0.05, 0) is 24.3 Å². The molecule has 0 heterocycles. The van der Waals surface area contributed by atoms with Gasteiger partial charge in [-0.25, -0.2) is 8.78 Å². The Morgan fingerprint density at radius 3 is 1.05 bits per heavy atom. The van der Waals surface area contributed by atoms with E-state index in [-0.39, 0.29) is 11.6 Å². The average Bonchev–Trinajstić information content (AvgIpc) is 2.38. The molecule has 2 N–H and O–H groups in total. The summed E-state index contributed by atoms with van der Waals surface area (Å²) in [6, 6.07) is 10.7. The third-order valence-electron chi connectivity index (χ3n) is 1.69. The fourth-order valence-corrected chi connectivity index (χ4v) is 0.900. The molecule has 0 aromatic heterocycles. The van der Waals surface area contributed by atoms with Crippen LogP contribution >= 0.6 is 38.7 Å². The molecule has 2 aromatic carbocycles. The first kappa shape index (κ1) is 19.0. The van der Waals surface area contributed by atoms with E-state index in [0.717, 1.165) is 0 Å². The standard InChI is InChI=1S/2C6H5FN.2HI.Pt/c2*7-5-1-3-6(8)4-2-5;;;/h2*1-4,8H;2*1H;/q2*-1;;;+4/p-2. The zero-order valence-electron chi connectivity index (χ0n) is 9.45. The van der Waals surface area contributed by atoms with Crippen molar-refractivity contribution in [2.45, 2.75) is 0 Å². The van der Waals surface area contributed by atoms with Crippen LogP contribution in [-0.2, 0) is 11.2 Å². The van der Waals surface area contributed by atoms with Crippen molar-refractivity contribution in [1.82, 2.24) is 0 Å². The van der Waals surface area contributed by atoms with E-state index in [1.807, 2.05) is 0 Å². The van der Waals surface area contributed by atoms with Gasteiger partial charge >= 0.3 is 49.9 Å². The predicted molar refractivity (Wildman–Crippen MR) is 88.8 cm³/mol. The van der Waals surface area contributed by atoms with Gasteiger partial charge in [0.1, 0.15) is 11.6 Å². The number of benzene rings is 2. The van der Waals surface area contributed by atoms with E-state index in [9.17, 15) is 8.78 Å². The van der Waals surface area contributed by atoms with Crippen molar-refractivity contribution >= 4 is 50.1 Å². The van der Waals surface area contributed by atoms with E-state index in [1.54, 1.807) is 0 Å². The van der Waals surface area contributed by atoms with Gasteiger partial charge in [-0.2, -0.15) is 0 Å². The minimum Gasteiger partial charge on any atom is -0.699 e. The molecule has 0 radical (unpaired) electrons. The summed E-state index contributed by atoms with van der Waals surface area (Å²) in [5.74, 6) is -0.581. The van der Waals surface area contributed by atoms with Gasteiger partial charge in [0.15, 0.2) is 0 Å². The van der Waals surface area contributed by atoms with Crippen molar-refractivity contribution in [3.63, 3.8) is 0 Å². The van der Waals surface area contributed by atoms with Crippen molar-refractivity contribution in [2.75, 3.05) is 0 Å². The largest absolute Gasteiger partial charge is 0.699 e. The second kappa shape index (κ2) is 11.8. The maximum Gasteiger partial charge on any atom is 0.123 e. The van der Waals surface area contributed by atoms with Crippen LogP contribution in [0.1, 0.15) is 0 Å². The fourth-order valence-electron chi connectivity index (χ4n) is 0.900. The number of halogens is 4. The van der Waals surface area contributed by atoms with Crippen LogP contribution in [0.3, 0.4) is 0 Å². The van der Waals surface area contributed by atoms with E-state index < -0.39 is 0 Å². The number of hydrogen-bond acceptors (Lipinski definition) is 0. The molecule has 7 heteroatoms. The summed E-state index contributed by atoms with van der Waals surface area (Å²) in [6.07, 6.45) is 0. The monoisotopic (exact) mass is 669 g/mol. The van der Waals surface area contributed by atoms with Gasteiger partial charge in [-0.3, -0.25) is 0 Å². The predicted octanol–water partition coefficient (Wildman–Crippen LogP) is 6.79. The maximum absolute atomic E-state index is 12.0. The number of rotatable bonds is 0. The first-order chi connectivity index (χ1) is 8.99. The molecule has 0 fully saturated rings. The van der Waals surface area contributed by atoms with Crippen LogP contribution in [0.5, 0.6) is 0 Å². The summed E-state index contributed by atoms with van der Waals surface area (Å²) in [4.78, 5) is 0. The van der Waals surface area contributed by atoms with Crippen LogP contribution in [0.15, 0.2) is 48.5 Å². The van der Waals surface area contributed by atoms with E-state index in [1.165, 1.54) is 48.5 Å². The van der Waals surface area contributed by atoms with Gasteiger partial charge in [-0.15, -0.1) is 11.4 Å². The van der Waals surface area contributed by atoms with Gasteiger partial charge in [0.25, 0.3) is 0 Å². The molecule has 106 valence electrons. The van der Waals surface area contributed by atoms with Gasteiger partial charge < -0.3 is 11.5 Å². The van der Waals surface area contributed by atoms with Crippen LogP contribution in [-0.4, -0.2) is 0 Å². The van der Waals surface area contributed by atoms with E-state index in [2.05, 4.69) is 38.7 Å². The molecule has 0 amide bonds. The Morgan fingerprint density at radius 2 is 0.895 bits per heavy atom. The third kappa shape index (κ3) is 11.6. The molecular weight excluding hydrogens is 659 g/mol. The summed E-state index contributed by atoms with van der Waals surface area (Å²) < 4.78 is 24.0. The zero-order chi connectivity index (χ0) is 14.7. The third-order valence-corrected chi connectivity index (χ3v) is 1.69. The molecule has 2 nitrogen and oxygen atoms in total. The summed E-state index contributed by atoms with van der Waals surface area (Å²) >= 11 is 5.30. The van der Waals surface area contributed by atoms with Gasteiger partial charge in [0, 0.05) is 0 Å². The van der Waals surface area contributed by atoms with Gasteiger partial charge in [0.2, 0.25) is 0 Å². The SMILES string of the molecule is [I][Pt+2][I].[NH-]c1ccc(F)cc1.[NH-]c1ccc(F)cc1. The summed E-state index contributed by atoms with van der Waals surface area (Å²) in [6.45, 7) is 0. The molecule has 2 aromatic rings. The molecule has 0 spiro atoms. The molecule has 0 aliphatic heterocycles. The van der Waals surface area contributed by atoms with Crippen LogP contribution in [0.25, 0.3) is 11.5 Å². The van der Waals surface area contributed by atoms with Crippen molar-refractivity contribution in [3.05, 3.63) is 71.6 Å². The molecule has 0 aliphatic carbocycles. The Hall–Kier alpha value is 0.0483. The minimum absolute atomic E-state index is 0.291. The quantitative estimate of drug-likeness (QED) is 0.278. The van der Waals surface area contributed by atoms with Crippen molar-refractivity contribution in [2.24, 2.45) is 0 Å². The Kier molecular flexibility index (Phi) is 11.9. The Morgan fingerprint density at radius 1 is 0.684 bits per heavy atom. The summed E-state index contributed by atoms with van der Waals surface area (Å²) in [5.41, 5.74) is 14.5. The van der Waals surface area contributed by atoms with E-state index in [0.29, 0.717) is 22.6 Å². The number of hydrogen-bond donors (Lipinski definition) is 0. The first-order valence-corrected chi connectivity index (χ1v) is 17.6. The summed E-state index contributed by atoms with van der Waals surface area (Å²) in [7, 11) is 0. The molecule has 0 saturated carbocycles. The first-order valence-electron chi connectivity index (χ1n) is 4.76. The minimum atomic E-state index is -0.291. The Labute approximate surface area is 140 Å². The van der Waals surface area contributed by atoms with Crippen LogP contribution in [0, 0.1) is 11.6 Å². The zero-order valence-corrected chi connectivity index (χ0v) is 16.0. The maximum atomic E-state index is 12.0. The molecule has 19 heavy (non-hydrogen) atoms. The van der Waals surface area contributed by atoms with Crippen LogP contribution < -0.4 is 0 Å². The van der Waals surface area contributed by atoms with Crippen LogP contribution in [0.2, 0.25) is 0 Å². The van der Waals surface area contributed by atoms with Gasteiger partial charge in [0.05, 0.1) is 0 Å². The molecule has 2 rings (SSSR count). The average molecular weight is 669 g/mol. The van der Waals surface area contributed by atoms with Crippen molar-refractivity contribution in [3.8, 4) is 0 Å². The van der Waals surface area contributed by atoms with E-state index >= 15 is 0 Å². The Balaban J connectivity index is 0.000000284. The van der Waals surface area contributed by atoms with Crippen molar-refractivity contribution < 1.29 is 20.0 Å². The molecule has 0 aliphatic rings. The molecular formula is C12H10F2I2N2Pt. The fraction of sp³-hybridized carbons (Fsp3) is 0.